The van der Waals surface area contributed by atoms with E-state index in [9.17, 15) is 18.0 Å². The lowest BCUT2D eigenvalue weighted by Crippen LogP contribution is -2.48. The Kier molecular flexibility index (Phi) is 10.0. The number of sulfonamides is 1. The maximum Gasteiger partial charge on any atom is 0.262 e. The molecule has 0 aliphatic carbocycles. The SMILES string of the molecule is Cc1ccc(S(=O)(=O)N[C@@H](C(=O)N/N=C\c2ccc(OCC(=O)Nc3cccc(Cl)c3)cc2)C(C)C)cc1. The van der Waals surface area contributed by atoms with Gasteiger partial charge in [0.2, 0.25) is 10.0 Å². The predicted octanol–water partition coefficient (Wildman–Crippen LogP) is 4.12. The number of rotatable bonds is 11. The number of benzene rings is 3. The molecule has 0 saturated carbocycles. The summed E-state index contributed by atoms with van der Waals surface area (Å²) in [6.45, 7) is 5.14. The normalized spacial score (nSPS) is 12.3. The van der Waals surface area contributed by atoms with Gasteiger partial charge in [0.1, 0.15) is 11.8 Å². The zero-order valence-corrected chi connectivity index (χ0v) is 22.7. The highest BCUT2D eigenvalue weighted by Crippen LogP contribution is 2.16. The van der Waals surface area contributed by atoms with Crippen LogP contribution in [-0.2, 0) is 19.6 Å². The van der Waals surface area contributed by atoms with Gasteiger partial charge in [-0.3, -0.25) is 9.59 Å². The van der Waals surface area contributed by atoms with Crippen LogP contribution in [0.15, 0.2) is 82.8 Å². The average molecular weight is 557 g/mol. The second-order valence-corrected chi connectivity index (χ2v) is 11.0. The van der Waals surface area contributed by atoms with Gasteiger partial charge in [0.15, 0.2) is 6.61 Å². The van der Waals surface area contributed by atoms with E-state index in [1.54, 1.807) is 74.5 Å². The maximum absolute atomic E-state index is 12.7. The molecule has 0 aromatic heterocycles. The first-order valence-corrected chi connectivity index (χ1v) is 13.6. The molecule has 9 nitrogen and oxygen atoms in total. The maximum atomic E-state index is 12.7. The van der Waals surface area contributed by atoms with Gasteiger partial charge in [-0.1, -0.05) is 49.2 Å². The van der Waals surface area contributed by atoms with Gasteiger partial charge in [-0.2, -0.15) is 9.82 Å². The van der Waals surface area contributed by atoms with Crippen molar-refractivity contribution in [2.24, 2.45) is 11.0 Å². The van der Waals surface area contributed by atoms with Crippen LogP contribution in [0.5, 0.6) is 5.75 Å². The van der Waals surface area contributed by atoms with Crippen LogP contribution in [-0.4, -0.2) is 39.1 Å². The van der Waals surface area contributed by atoms with Crippen molar-refractivity contribution in [2.75, 3.05) is 11.9 Å². The number of nitrogens with one attached hydrogen (secondary N) is 3. The number of aryl methyl sites for hydroxylation is 1. The van der Waals surface area contributed by atoms with Crippen molar-refractivity contribution in [3.63, 3.8) is 0 Å². The fourth-order valence-corrected chi connectivity index (χ4v) is 4.78. The van der Waals surface area contributed by atoms with E-state index in [1.165, 1.54) is 18.3 Å². The Morgan fingerprint density at radius 2 is 1.71 bits per heavy atom. The predicted molar refractivity (Wildman–Crippen MR) is 148 cm³/mol. The largest absolute Gasteiger partial charge is 0.484 e. The lowest BCUT2D eigenvalue weighted by Gasteiger charge is -2.20. The standard InChI is InChI=1S/C27H29ClN4O5S/c1-18(2)26(32-38(35,36)24-13-7-19(3)8-14-24)27(34)31-29-16-20-9-11-23(12-10-20)37-17-25(33)30-22-6-4-5-21(28)15-22/h4-16,18,26,32H,17H2,1-3H3,(H,30,33)(H,31,34)/b29-16-/t26-/m1/s1. The molecule has 0 heterocycles. The van der Waals surface area contributed by atoms with Crippen molar-refractivity contribution in [3.05, 3.63) is 88.9 Å². The molecule has 0 saturated heterocycles. The summed E-state index contributed by atoms with van der Waals surface area (Å²) >= 11 is 5.91. The van der Waals surface area contributed by atoms with Gasteiger partial charge in [-0.05, 0) is 73.0 Å². The summed E-state index contributed by atoms with van der Waals surface area (Å²) in [6.07, 6.45) is 1.42. The molecule has 3 rings (SSSR count). The summed E-state index contributed by atoms with van der Waals surface area (Å²) in [4.78, 5) is 24.8. The first-order valence-electron chi connectivity index (χ1n) is 11.7. The van der Waals surface area contributed by atoms with E-state index in [4.69, 9.17) is 16.3 Å². The van der Waals surface area contributed by atoms with Gasteiger partial charge in [0, 0.05) is 10.7 Å². The first-order chi connectivity index (χ1) is 18.0. The van der Waals surface area contributed by atoms with Gasteiger partial charge in [-0.25, -0.2) is 13.8 Å². The van der Waals surface area contributed by atoms with Crippen molar-refractivity contribution in [1.29, 1.82) is 0 Å². The number of halogens is 1. The highest BCUT2D eigenvalue weighted by molar-refractivity contribution is 7.89. The van der Waals surface area contributed by atoms with Crippen LogP contribution in [0.25, 0.3) is 0 Å². The van der Waals surface area contributed by atoms with Crippen molar-refractivity contribution < 1.29 is 22.7 Å². The third-order valence-corrected chi connectivity index (χ3v) is 7.00. The van der Waals surface area contributed by atoms with Crippen LogP contribution in [0.1, 0.15) is 25.0 Å². The number of hydrazone groups is 1. The molecule has 0 spiro atoms. The molecule has 0 aliphatic rings. The minimum Gasteiger partial charge on any atom is -0.484 e. The Morgan fingerprint density at radius 1 is 1.03 bits per heavy atom. The monoisotopic (exact) mass is 556 g/mol. The quantitative estimate of drug-likeness (QED) is 0.242. The third kappa shape index (κ3) is 8.69. The Morgan fingerprint density at radius 3 is 2.34 bits per heavy atom. The summed E-state index contributed by atoms with van der Waals surface area (Å²) in [5.41, 5.74) is 4.54. The Labute approximate surface area is 227 Å². The number of amides is 2. The molecule has 3 N–H and O–H groups in total. The second kappa shape index (κ2) is 13.2. The highest BCUT2D eigenvalue weighted by Gasteiger charge is 2.28. The summed E-state index contributed by atoms with van der Waals surface area (Å²) in [7, 11) is -3.89. The molecule has 3 aromatic rings. The number of anilines is 1. The van der Waals surface area contributed by atoms with Crippen LogP contribution in [0.2, 0.25) is 5.02 Å². The highest BCUT2D eigenvalue weighted by atomic mass is 35.5. The van der Waals surface area contributed by atoms with E-state index in [-0.39, 0.29) is 23.3 Å². The Bertz CT molecular complexity index is 1390. The topological polar surface area (TPSA) is 126 Å². The number of hydrogen-bond acceptors (Lipinski definition) is 6. The molecule has 1 atom stereocenters. The fourth-order valence-electron chi connectivity index (χ4n) is 3.25. The van der Waals surface area contributed by atoms with Crippen molar-refractivity contribution in [3.8, 4) is 5.75 Å². The molecule has 0 bridgehead atoms. The van der Waals surface area contributed by atoms with Gasteiger partial charge in [0.05, 0.1) is 11.1 Å². The van der Waals surface area contributed by atoms with E-state index < -0.39 is 22.0 Å². The summed E-state index contributed by atoms with van der Waals surface area (Å²) < 4.78 is 33.4. The number of nitrogens with zero attached hydrogens (tertiary/aromatic N) is 1. The minimum absolute atomic E-state index is 0.0781. The van der Waals surface area contributed by atoms with Gasteiger partial charge >= 0.3 is 0 Å². The van der Waals surface area contributed by atoms with Gasteiger partial charge in [-0.15, -0.1) is 0 Å². The zero-order valence-electron chi connectivity index (χ0n) is 21.1. The molecule has 0 aliphatic heterocycles. The smallest absolute Gasteiger partial charge is 0.262 e. The van der Waals surface area contributed by atoms with Crippen LogP contribution >= 0.6 is 11.6 Å². The molecule has 0 unspecified atom stereocenters. The minimum atomic E-state index is -3.89. The summed E-state index contributed by atoms with van der Waals surface area (Å²) in [5.74, 6) is -0.772. The molecular formula is C27H29ClN4O5S. The lowest BCUT2D eigenvalue weighted by atomic mass is 10.1. The summed E-state index contributed by atoms with van der Waals surface area (Å²) in [5, 5.41) is 7.15. The molecule has 38 heavy (non-hydrogen) atoms. The second-order valence-electron chi connectivity index (χ2n) is 8.81. The van der Waals surface area contributed by atoms with Crippen LogP contribution in [0.3, 0.4) is 0 Å². The molecule has 3 aromatic carbocycles. The van der Waals surface area contributed by atoms with Crippen LogP contribution < -0.4 is 20.2 Å². The zero-order chi connectivity index (χ0) is 27.7. The fraction of sp³-hybridized carbons (Fsp3) is 0.222. The van der Waals surface area contributed by atoms with Crippen molar-refractivity contribution >= 4 is 45.3 Å². The van der Waals surface area contributed by atoms with E-state index >= 15 is 0 Å². The van der Waals surface area contributed by atoms with Gasteiger partial charge in [0.25, 0.3) is 11.8 Å². The lowest BCUT2D eigenvalue weighted by molar-refractivity contribution is -0.123. The molecule has 200 valence electrons. The van der Waals surface area contributed by atoms with Crippen LogP contribution in [0.4, 0.5) is 5.69 Å². The number of hydrogen-bond donors (Lipinski definition) is 3. The molecule has 0 fully saturated rings. The van der Waals surface area contributed by atoms with Crippen molar-refractivity contribution in [1.82, 2.24) is 10.1 Å². The average Bonchev–Trinajstić information content (AvgIpc) is 2.87. The van der Waals surface area contributed by atoms with Crippen molar-refractivity contribution in [2.45, 2.75) is 31.7 Å². The molecule has 11 heteroatoms. The van der Waals surface area contributed by atoms with E-state index in [2.05, 4.69) is 20.6 Å². The van der Waals surface area contributed by atoms with Crippen LogP contribution in [0, 0.1) is 12.8 Å². The molecular weight excluding hydrogens is 528 g/mol. The van der Waals surface area contributed by atoms with E-state index in [0.29, 0.717) is 22.0 Å². The Balaban J connectivity index is 1.51. The molecule has 0 radical (unpaired) electrons. The first kappa shape index (κ1) is 28.8. The number of carbonyl (C=O) groups is 2. The van der Waals surface area contributed by atoms with E-state index in [0.717, 1.165) is 5.56 Å². The Hall–Kier alpha value is -3.73. The number of ether oxygens (including phenoxy) is 1. The number of carbonyl (C=O) groups excluding carboxylic acids is 2. The van der Waals surface area contributed by atoms with E-state index in [1.807, 2.05) is 6.92 Å². The summed E-state index contributed by atoms with van der Waals surface area (Å²) in [6, 6.07) is 18.8. The third-order valence-electron chi connectivity index (χ3n) is 5.31. The molecule has 2 amide bonds. The van der Waals surface area contributed by atoms with Gasteiger partial charge < -0.3 is 10.1 Å².